The quantitative estimate of drug-likeness (QED) is 0.867. The monoisotopic (exact) mass is 226 g/mol. The van der Waals surface area contributed by atoms with Crippen molar-refractivity contribution in [3.63, 3.8) is 0 Å². The highest BCUT2D eigenvalue weighted by Gasteiger charge is 2.11. The zero-order valence-electron chi connectivity index (χ0n) is 8.49. The van der Waals surface area contributed by atoms with Gasteiger partial charge in [0.05, 0.1) is 11.7 Å². The fraction of sp³-hybridized carbons (Fsp3) is 0.333. The Hall–Kier alpha value is -1.14. The van der Waals surface area contributed by atoms with Crippen LogP contribution in [0.3, 0.4) is 0 Å². The van der Waals surface area contributed by atoms with Gasteiger partial charge in [0, 0.05) is 29.4 Å². The van der Waals surface area contributed by atoms with Gasteiger partial charge < -0.3 is 5.32 Å². The largest absolute Gasteiger partial charge is 0.316 e. The molecule has 0 aliphatic heterocycles. The SMILES string of the molecule is CNCc1cnc(C)c2cnn(SF)c12. The first-order valence-corrected chi connectivity index (χ1v) is 5.21. The Morgan fingerprint density at radius 1 is 1.53 bits per heavy atom. The minimum Gasteiger partial charge on any atom is -0.316 e. The summed E-state index contributed by atoms with van der Waals surface area (Å²) in [5, 5.41) is 7.87. The number of fused-ring (bicyclic) bond motifs is 1. The number of aryl methyl sites for hydroxylation is 1. The lowest BCUT2D eigenvalue weighted by Crippen LogP contribution is -2.07. The van der Waals surface area contributed by atoms with Crippen molar-refractivity contribution in [3.8, 4) is 0 Å². The highest BCUT2D eigenvalue weighted by Crippen LogP contribution is 2.24. The van der Waals surface area contributed by atoms with Gasteiger partial charge in [-0.15, -0.1) is 3.89 Å². The average Bonchev–Trinajstić information content (AvgIpc) is 2.67. The summed E-state index contributed by atoms with van der Waals surface area (Å²) in [6.07, 6.45) is 3.39. The summed E-state index contributed by atoms with van der Waals surface area (Å²) in [4.78, 5) is 4.25. The Kier molecular flexibility index (Phi) is 2.88. The molecule has 0 aromatic carbocycles. The van der Waals surface area contributed by atoms with Crippen LogP contribution in [-0.2, 0) is 6.54 Å². The zero-order valence-corrected chi connectivity index (χ0v) is 9.31. The Balaban J connectivity index is 2.69. The summed E-state index contributed by atoms with van der Waals surface area (Å²) in [5.74, 6) is 0. The van der Waals surface area contributed by atoms with E-state index in [1.807, 2.05) is 14.0 Å². The van der Waals surface area contributed by atoms with Gasteiger partial charge >= 0.3 is 0 Å². The van der Waals surface area contributed by atoms with Gasteiger partial charge in [-0.2, -0.15) is 9.19 Å². The number of nitrogens with zero attached hydrogens (tertiary/aromatic N) is 3. The molecule has 2 aromatic rings. The van der Waals surface area contributed by atoms with Gasteiger partial charge in [-0.1, -0.05) is 0 Å². The van der Waals surface area contributed by atoms with Gasteiger partial charge in [0.1, 0.15) is 0 Å². The van der Waals surface area contributed by atoms with Crippen LogP contribution in [0.1, 0.15) is 11.3 Å². The standard InChI is InChI=1S/C9H11FN4S/c1-6-8-5-13-14(15-10)9(8)7(3-11-2)4-12-6/h4-5,11H,3H2,1-2H3. The molecule has 4 nitrogen and oxygen atoms in total. The highest BCUT2D eigenvalue weighted by molar-refractivity contribution is 7.92. The first-order valence-electron chi connectivity index (χ1n) is 4.53. The molecule has 0 aliphatic carbocycles. The minimum absolute atomic E-state index is 0.104. The van der Waals surface area contributed by atoms with Crippen molar-refractivity contribution in [3.05, 3.63) is 23.7 Å². The number of hydrogen-bond acceptors (Lipinski definition) is 4. The third-order valence-electron chi connectivity index (χ3n) is 2.28. The number of pyridine rings is 1. The van der Waals surface area contributed by atoms with Crippen molar-refractivity contribution in [1.29, 1.82) is 0 Å². The van der Waals surface area contributed by atoms with Crippen molar-refractivity contribution in [2.45, 2.75) is 13.5 Å². The van der Waals surface area contributed by atoms with E-state index in [2.05, 4.69) is 15.4 Å². The van der Waals surface area contributed by atoms with Gasteiger partial charge in [-0.05, 0) is 14.0 Å². The molecule has 0 saturated carbocycles. The molecule has 0 spiro atoms. The topological polar surface area (TPSA) is 42.7 Å². The van der Waals surface area contributed by atoms with E-state index in [9.17, 15) is 3.89 Å². The van der Waals surface area contributed by atoms with Crippen LogP contribution >= 0.6 is 12.3 Å². The first-order chi connectivity index (χ1) is 7.27. The van der Waals surface area contributed by atoms with Crippen LogP contribution in [0.2, 0.25) is 0 Å². The van der Waals surface area contributed by atoms with Crippen molar-refractivity contribution >= 4 is 23.2 Å². The van der Waals surface area contributed by atoms with Crippen molar-refractivity contribution in [2.75, 3.05) is 7.05 Å². The lowest BCUT2D eigenvalue weighted by molar-refractivity contribution is 0.812. The van der Waals surface area contributed by atoms with Gasteiger partial charge in [-0.25, -0.2) is 0 Å². The van der Waals surface area contributed by atoms with Crippen LogP contribution in [0.15, 0.2) is 12.4 Å². The fourth-order valence-corrected chi connectivity index (χ4v) is 1.94. The van der Waals surface area contributed by atoms with Crippen molar-refractivity contribution in [2.24, 2.45) is 0 Å². The van der Waals surface area contributed by atoms with Gasteiger partial charge in [-0.3, -0.25) is 4.98 Å². The summed E-state index contributed by atoms with van der Waals surface area (Å²) in [6.45, 7) is 2.54. The lowest BCUT2D eigenvalue weighted by Gasteiger charge is -2.04. The van der Waals surface area contributed by atoms with E-state index in [1.54, 1.807) is 12.4 Å². The van der Waals surface area contributed by atoms with Crippen LogP contribution in [0, 0.1) is 6.92 Å². The van der Waals surface area contributed by atoms with Gasteiger partial charge in [0.15, 0.2) is 12.3 Å². The van der Waals surface area contributed by atoms with E-state index in [-0.39, 0.29) is 12.3 Å². The molecule has 2 heterocycles. The second-order valence-electron chi connectivity index (χ2n) is 3.25. The molecule has 0 bridgehead atoms. The molecular weight excluding hydrogens is 215 g/mol. The molecule has 0 atom stereocenters. The predicted molar refractivity (Wildman–Crippen MR) is 59.1 cm³/mol. The number of nitrogens with one attached hydrogen (secondary N) is 1. The number of aromatic nitrogens is 3. The van der Waals surface area contributed by atoms with Gasteiger partial charge in [0.25, 0.3) is 0 Å². The van der Waals surface area contributed by atoms with Crippen molar-refractivity contribution < 1.29 is 3.89 Å². The molecular formula is C9H11FN4S. The Morgan fingerprint density at radius 3 is 3.00 bits per heavy atom. The Labute approximate surface area is 91.3 Å². The Bertz CT molecular complexity index is 482. The highest BCUT2D eigenvalue weighted by atomic mass is 32.2. The van der Waals surface area contributed by atoms with Crippen LogP contribution in [-0.4, -0.2) is 21.2 Å². The number of halogens is 1. The number of hydrogen-bond donors (Lipinski definition) is 1. The molecule has 2 rings (SSSR count). The summed E-state index contributed by atoms with van der Waals surface area (Å²) in [7, 11) is 1.84. The molecule has 0 aliphatic rings. The number of rotatable bonds is 3. The van der Waals surface area contributed by atoms with E-state index >= 15 is 0 Å². The average molecular weight is 226 g/mol. The minimum atomic E-state index is 0.104. The normalized spacial score (nSPS) is 11.1. The molecule has 1 N–H and O–H groups in total. The molecule has 15 heavy (non-hydrogen) atoms. The maximum absolute atomic E-state index is 12.6. The molecule has 6 heteroatoms. The second-order valence-corrected chi connectivity index (χ2v) is 3.73. The van der Waals surface area contributed by atoms with Crippen LogP contribution in [0.25, 0.3) is 10.9 Å². The first kappa shape index (κ1) is 10.4. The van der Waals surface area contributed by atoms with E-state index in [4.69, 9.17) is 0 Å². The third-order valence-corrected chi connectivity index (χ3v) is 2.69. The van der Waals surface area contributed by atoms with Crippen molar-refractivity contribution in [1.82, 2.24) is 19.5 Å². The third kappa shape index (κ3) is 1.70. The molecule has 2 aromatic heterocycles. The fourth-order valence-electron chi connectivity index (χ4n) is 1.57. The summed E-state index contributed by atoms with van der Waals surface area (Å²) in [6, 6.07) is 0. The molecule has 0 saturated heterocycles. The Morgan fingerprint density at radius 2 is 2.33 bits per heavy atom. The van der Waals surface area contributed by atoms with E-state index < -0.39 is 0 Å². The van der Waals surface area contributed by atoms with E-state index in [1.165, 1.54) is 4.09 Å². The van der Waals surface area contributed by atoms with E-state index in [0.717, 1.165) is 22.2 Å². The predicted octanol–water partition coefficient (Wildman–Crippen LogP) is 1.84. The van der Waals surface area contributed by atoms with E-state index in [0.29, 0.717) is 6.54 Å². The zero-order chi connectivity index (χ0) is 10.8. The molecule has 0 amide bonds. The summed E-state index contributed by atoms with van der Waals surface area (Å²) in [5.41, 5.74) is 2.61. The summed E-state index contributed by atoms with van der Waals surface area (Å²) < 4.78 is 13.9. The second kappa shape index (κ2) is 4.16. The van der Waals surface area contributed by atoms with Crippen LogP contribution in [0.5, 0.6) is 0 Å². The van der Waals surface area contributed by atoms with Crippen LogP contribution < -0.4 is 5.32 Å². The van der Waals surface area contributed by atoms with Crippen LogP contribution in [0.4, 0.5) is 3.89 Å². The molecule has 0 unspecified atom stereocenters. The summed E-state index contributed by atoms with van der Waals surface area (Å²) >= 11 is 0.104. The maximum Gasteiger partial charge on any atom is 0.188 e. The smallest absolute Gasteiger partial charge is 0.188 e. The molecule has 0 radical (unpaired) electrons. The lowest BCUT2D eigenvalue weighted by atomic mass is 10.2. The molecule has 0 fully saturated rings. The molecule has 80 valence electrons. The van der Waals surface area contributed by atoms with Gasteiger partial charge in [0.2, 0.25) is 0 Å². The maximum atomic E-state index is 12.6.